The molecular formula is C19H12ClF3N2O4. The zero-order valence-corrected chi connectivity index (χ0v) is 15.5. The first-order valence-electron chi connectivity index (χ1n) is 8.01. The van der Waals surface area contributed by atoms with Crippen molar-refractivity contribution in [1.82, 2.24) is 9.78 Å². The minimum Gasteiger partial charge on any atom is -0.493 e. The van der Waals surface area contributed by atoms with Crippen LogP contribution >= 0.6 is 11.6 Å². The predicted octanol–water partition coefficient (Wildman–Crippen LogP) is 4.52. The average molecular weight is 425 g/mol. The van der Waals surface area contributed by atoms with Crippen molar-refractivity contribution in [2.75, 3.05) is 7.11 Å². The Bertz CT molecular complexity index is 1130. The first kappa shape index (κ1) is 20.4. The van der Waals surface area contributed by atoms with Gasteiger partial charge in [0.25, 0.3) is 5.56 Å². The lowest BCUT2D eigenvalue weighted by Crippen LogP contribution is -2.22. The number of alkyl halides is 3. The molecule has 0 fully saturated rings. The van der Waals surface area contributed by atoms with E-state index in [4.69, 9.17) is 21.1 Å². The van der Waals surface area contributed by atoms with Crippen LogP contribution in [0.4, 0.5) is 13.2 Å². The Morgan fingerprint density at radius 1 is 1.10 bits per heavy atom. The molecule has 0 bridgehead atoms. The zero-order valence-electron chi connectivity index (χ0n) is 14.7. The molecule has 1 heterocycles. The molecule has 0 aliphatic rings. The van der Waals surface area contributed by atoms with E-state index in [1.165, 1.54) is 31.4 Å². The van der Waals surface area contributed by atoms with Gasteiger partial charge in [0.15, 0.2) is 22.3 Å². The maximum Gasteiger partial charge on any atom is 0.416 e. The number of benzene rings is 2. The number of hydrogen-bond donors (Lipinski definition) is 0. The van der Waals surface area contributed by atoms with Gasteiger partial charge in [0.2, 0.25) is 0 Å². The van der Waals surface area contributed by atoms with Crippen LogP contribution in [0.2, 0.25) is 5.02 Å². The molecule has 0 saturated heterocycles. The molecule has 0 amide bonds. The highest BCUT2D eigenvalue weighted by Gasteiger charge is 2.30. The number of aldehydes is 1. The Kier molecular flexibility index (Phi) is 5.60. The first-order valence-corrected chi connectivity index (χ1v) is 8.39. The van der Waals surface area contributed by atoms with Crippen molar-refractivity contribution < 1.29 is 27.4 Å². The van der Waals surface area contributed by atoms with E-state index in [1.807, 2.05) is 0 Å². The van der Waals surface area contributed by atoms with E-state index in [0.717, 1.165) is 29.1 Å². The number of carbonyl (C=O) groups excluding carboxylic acids is 1. The van der Waals surface area contributed by atoms with Gasteiger partial charge in [-0.05, 0) is 36.4 Å². The first-order chi connectivity index (χ1) is 13.7. The lowest BCUT2D eigenvalue weighted by atomic mass is 10.2. The fourth-order valence-electron chi connectivity index (χ4n) is 2.45. The molecule has 3 aromatic rings. The van der Waals surface area contributed by atoms with E-state index in [9.17, 15) is 22.8 Å². The second-order valence-corrected chi connectivity index (χ2v) is 6.10. The molecule has 0 aliphatic heterocycles. The van der Waals surface area contributed by atoms with Crippen molar-refractivity contribution in [2.45, 2.75) is 6.18 Å². The number of rotatable bonds is 5. The van der Waals surface area contributed by atoms with Gasteiger partial charge in [-0.25, -0.2) is 0 Å². The lowest BCUT2D eigenvalue weighted by Gasteiger charge is -2.13. The van der Waals surface area contributed by atoms with Crippen molar-refractivity contribution in [3.63, 3.8) is 0 Å². The summed E-state index contributed by atoms with van der Waals surface area (Å²) in [7, 11) is 1.36. The molecule has 29 heavy (non-hydrogen) atoms. The van der Waals surface area contributed by atoms with E-state index >= 15 is 0 Å². The van der Waals surface area contributed by atoms with Crippen molar-refractivity contribution in [2.24, 2.45) is 0 Å². The highest BCUT2D eigenvalue weighted by atomic mass is 35.5. The van der Waals surface area contributed by atoms with Crippen LogP contribution in [0.25, 0.3) is 5.69 Å². The van der Waals surface area contributed by atoms with Crippen molar-refractivity contribution in [3.8, 4) is 22.9 Å². The summed E-state index contributed by atoms with van der Waals surface area (Å²) >= 11 is 6.06. The van der Waals surface area contributed by atoms with Gasteiger partial charge in [-0.3, -0.25) is 9.59 Å². The molecule has 10 heteroatoms. The quantitative estimate of drug-likeness (QED) is 0.563. The maximum absolute atomic E-state index is 12.9. The minimum absolute atomic E-state index is 0.105. The smallest absolute Gasteiger partial charge is 0.416 e. The van der Waals surface area contributed by atoms with Crippen molar-refractivity contribution in [1.29, 1.82) is 0 Å². The van der Waals surface area contributed by atoms with Gasteiger partial charge in [-0.1, -0.05) is 17.7 Å². The molecule has 0 unspecified atom stereocenters. The van der Waals surface area contributed by atoms with Crippen LogP contribution in [-0.4, -0.2) is 23.2 Å². The van der Waals surface area contributed by atoms with Gasteiger partial charge in [0.1, 0.15) is 6.29 Å². The van der Waals surface area contributed by atoms with Crippen molar-refractivity contribution in [3.05, 3.63) is 75.2 Å². The minimum atomic E-state index is -4.57. The molecule has 0 N–H and O–H groups in total. The van der Waals surface area contributed by atoms with Crippen LogP contribution in [0.15, 0.2) is 53.5 Å². The standard InChI is InChI=1S/C19H12ClF3N2O4/c1-28-15-7-11(10-26)5-6-14(15)29-16-9-24-25(18(27)17(16)20)13-4-2-3-12(8-13)19(21,22)23/h2-10H,1H3. The Balaban J connectivity index is 1.99. The third kappa shape index (κ3) is 4.24. The molecule has 150 valence electrons. The van der Waals surface area contributed by atoms with Crippen LogP contribution in [-0.2, 0) is 6.18 Å². The predicted molar refractivity (Wildman–Crippen MR) is 98.3 cm³/mol. The van der Waals surface area contributed by atoms with Crippen molar-refractivity contribution >= 4 is 17.9 Å². The van der Waals surface area contributed by atoms with E-state index in [-0.39, 0.29) is 28.0 Å². The second kappa shape index (κ2) is 7.96. The van der Waals surface area contributed by atoms with E-state index in [0.29, 0.717) is 11.8 Å². The van der Waals surface area contributed by atoms with E-state index < -0.39 is 17.3 Å². The Morgan fingerprint density at radius 2 is 1.86 bits per heavy atom. The van der Waals surface area contributed by atoms with Gasteiger partial charge < -0.3 is 9.47 Å². The summed E-state index contributed by atoms with van der Waals surface area (Å²) in [6, 6.07) is 8.45. The number of halogens is 4. The molecule has 0 spiro atoms. The fourth-order valence-corrected chi connectivity index (χ4v) is 2.61. The highest BCUT2D eigenvalue weighted by Crippen LogP contribution is 2.34. The molecule has 2 aromatic carbocycles. The topological polar surface area (TPSA) is 70.4 Å². The summed E-state index contributed by atoms with van der Waals surface area (Å²) in [5.74, 6) is 0.253. The molecule has 0 saturated carbocycles. The van der Waals surface area contributed by atoms with Gasteiger partial charge >= 0.3 is 6.18 Å². The van der Waals surface area contributed by atoms with E-state index in [1.54, 1.807) is 0 Å². The average Bonchev–Trinajstić information content (AvgIpc) is 2.71. The molecule has 6 nitrogen and oxygen atoms in total. The van der Waals surface area contributed by atoms with Gasteiger partial charge in [0.05, 0.1) is 24.6 Å². The maximum atomic E-state index is 12.9. The summed E-state index contributed by atoms with van der Waals surface area (Å²) in [6.07, 6.45) is -2.86. The van der Waals surface area contributed by atoms with Crippen LogP contribution < -0.4 is 15.0 Å². The zero-order chi connectivity index (χ0) is 21.2. The summed E-state index contributed by atoms with van der Waals surface area (Å²) in [6.45, 7) is 0. The van der Waals surface area contributed by atoms with Gasteiger partial charge in [-0.15, -0.1) is 0 Å². The summed E-state index contributed by atoms with van der Waals surface area (Å²) in [5, 5.41) is 3.46. The third-order valence-corrected chi connectivity index (χ3v) is 4.20. The number of methoxy groups -OCH3 is 1. The summed E-state index contributed by atoms with van der Waals surface area (Å²) < 4.78 is 50.1. The molecule has 3 rings (SSSR count). The summed E-state index contributed by atoms with van der Waals surface area (Å²) in [4.78, 5) is 23.4. The second-order valence-electron chi connectivity index (χ2n) is 5.72. The third-order valence-electron chi connectivity index (χ3n) is 3.85. The molecule has 0 radical (unpaired) electrons. The number of nitrogens with zero attached hydrogens (tertiary/aromatic N) is 2. The molecule has 0 atom stereocenters. The Morgan fingerprint density at radius 3 is 2.52 bits per heavy atom. The number of aromatic nitrogens is 2. The molecule has 0 aliphatic carbocycles. The highest BCUT2D eigenvalue weighted by molar-refractivity contribution is 6.31. The SMILES string of the molecule is COc1cc(C=O)ccc1Oc1cnn(-c2cccc(C(F)(F)F)c2)c(=O)c1Cl. The van der Waals surface area contributed by atoms with Crippen LogP contribution in [0, 0.1) is 0 Å². The summed E-state index contributed by atoms with van der Waals surface area (Å²) in [5.41, 5.74) is -1.56. The van der Waals surface area contributed by atoms with E-state index in [2.05, 4.69) is 5.10 Å². The van der Waals surface area contributed by atoms with Crippen LogP contribution in [0.5, 0.6) is 17.2 Å². The number of ether oxygens (including phenoxy) is 2. The number of hydrogen-bond acceptors (Lipinski definition) is 5. The normalized spacial score (nSPS) is 11.2. The fraction of sp³-hybridized carbons (Fsp3) is 0.105. The Labute approximate surface area is 167 Å². The Hall–Kier alpha value is -3.33. The molecule has 1 aromatic heterocycles. The lowest BCUT2D eigenvalue weighted by molar-refractivity contribution is -0.137. The van der Waals surface area contributed by atoms with Gasteiger partial charge in [-0.2, -0.15) is 23.0 Å². The monoisotopic (exact) mass is 424 g/mol. The van der Waals surface area contributed by atoms with Crippen LogP contribution in [0.1, 0.15) is 15.9 Å². The molecular weight excluding hydrogens is 413 g/mol. The van der Waals surface area contributed by atoms with Crippen LogP contribution in [0.3, 0.4) is 0 Å². The number of carbonyl (C=O) groups is 1. The van der Waals surface area contributed by atoms with Gasteiger partial charge in [0, 0.05) is 5.56 Å². The largest absolute Gasteiger partial charge is 0.493 e.